The van der Waals surface area contributed by atoms with Crippen molar-refractivity contribution in [3.05, 3.63) is 60.2 Å². The van der Waals surface area contributed by atoms with Gasteiger partial charge in [0.15, 0.2) is 0 Å². The van der Waals surface area contributed by atoms with Gasteiger partial charge in [-0.25, -0.2) is 0 Å². The Kier molecular flexibility index (Phi) is 5.76. The molecule has 4 heteroatoms. The molecule has 0 aliphatic heterocycles. The standard InChI is InChI=1S/2C6H8N2/c2*7-4-6-2-1-3-8-5-6/h2*1-3,5H,4,7H2. The van der Waals surface area contributed by atoms with E-state index in [0.29, 0.717) is 13.1 Å². The van der Waals surface area contributed by atoms with Gasteiger partial charge in [-0.05, 0) is 23.3 Å². The van der Waals surface area contributed by atoms with Crippen molar-refractivity contribution >= 4 is 0 Å². The van der Waals surface area contributed by atoms with Gasteiger partial charge in [-0.15, -0.1) is 0 Å². The first-order valence-corrected chi connectivity index (χ1v) is 5.04. The van der Waals surface area contributed by atoms with Crippen LogP contribution in [0, 0.1) is 0 Å². The van der Waals surface area contributed by atoms with E-state index in [1.807, 2.05) is 24.3 Å². The van der Waals surface area contributed by atoms with Crippen LogP contribution < -0.4 is 11.5 Å². The quantitative estimate of drug-likeness (QED) is 0.787. The largest absolute Gasteiger partial charge is 0.326 e. The summed E-state index contributed by atoms with van der Waals surface area (Å²) in [7, 11) is 0. The first kappa shape index (κ1) is 12.3. The van der Waals surface area contributed by atoms with Gasteiger partial charge in [0.1, 0.15) is 0 Å². The summed E-state index contributed by atoms with van der Waals surface area (Å²) in [6, 6.07) is 7.66. The molecule has 2 aromatic heterocycles. The molecule has 0 unspecified atom stereocenters. The van der Waals surface area contributed by atoms with Crippen molar-refractivity contribution < 1.29 is 0 Å². The van der Waals surface area contributed by atoms with E-state index in [0.717, 1.165) is 11.1 Å². The van der Waals surface area contributed by atoms with Crippen molar-refractivity contribution in [2.45, 2.75) is 13.1 Å². The van der Waals surface area contributed by atoms with Crippen LogP contribution in [0.4, 0.5) is 0 Å². The molecule has 84 valence electrons. The Balaban J connectivity index is 0.000000160. The van der Waals surface area contributed by atoms with E-state index in [4.69, 9.17) is 11.5 Å². The molecule has 0 fully saturated rings. The second-order valence-electron chi connectivity index (χ2n) is 3.13. The minimum Gasteiger partial charge on any atom is -0.326 e. The molecular weight excluding hydrogens is 200 g/mol. The lowest BCUT2D eigenvalue weighted by atomic mass is 10.3. The second-order valence-corrected chi connectivity index (χ2v) is 3.13. The van der Waals surface area contributed by atoms with Crippen molar-refractivity contribution in [2.75, 3.05) is 0 Å². The average Bonchev–Trinajstić information content (AvgIpc) is 2.41. The Hall–Kier alpha value is -1.78. The van der Waals surface area contributed by atoms with Gasteiger partial charge in [0.05, 0.1) is 0 Å². The molecule has 2 heterocycles. The van der Waals surface area contributed by atoms with Gasteiger partial charge in [-0.2, -0.15) is 0 Å². The maximum Gasteiger partial charge on any atom is 0.0312 e. The number of nitrogens with two attached hydrogens (primary N) is 2. The molecule has 4 N–H and O–H groups in total. The Bertz CT molecular complexity index is 335. The maximum atomic E-state index is 5.31. The van der Waals surface area contributed by atoms with Crippen LogP contribution in [-0.4, -0.2) is 9.97 Å². The number of aromatic nitrogens is 2. The van der Waals surface area contributed by atoms with E-state index in [1.54, 1.807) is 24.8 Å². The minimum absolute atomic E-state index is 0.577. The van der Waals surface area contributed by atoms with Crippen molar-refractivity contribution in [2.24, 2.45) is 11.5 Å². The first-order chi connectivity index (χ1) is 7.86. The normalized spacial score (nSPS) is 9.12. The molecule has 0 amide bonds. The molecule has 0 saturated carbocycles. The fourth-order valence-corrected chi connectivity index (χ4v) is 1.04. The van der Waals surface area contributed by atoms with Crippen molar-refractivity contribution in [3.8, 4) is 0 Å². The minimum atomic E-state index is 0.577. The molecule has 0 aliphatic rings. The average molecular weight is 216 g/mol. The van der Waals surface area contributed by atoms with Crippen LogP contribution in [0.25, 0.3) is 0 Å². The predicted molar refractivity (Wildman–Crippen MR) is 64.3 cm³/mol. The highest BCUT2D eigenvalue weighted by atomic mass is 14.6. The van der Waals surface area contributed by atoms with Crippen LogP contribution in [0.5, 0.6) is 0 Å². The summed E-state index contributed by atoms with van der Waals surface area (Å²) in [5.74, 6) is 0. The topological polar surface area (TPSA) is 77.8 Å². The van der Waals surface area contributed by atoms with Crippen LogP contribution in [0.3, 0.4) is 0 Å². The summed E-state index contributed by atoms with van der Waals surface area (Å²) in [5.41, 5.74) is 12.8. The SMILES string of the molecule is NCc1cccnc1.NCc1cccnc1. The highest BCUT2D eigenvalue weighted by molar-refractivity contribution is 5.07. The molecular formula is C12H16N4. The number of hydrogen-bond acceptors (Lipinski definition) is 4. The third-order valence-corrected chi connectivity index (χ3v) is 1.92. The lowest BCUT2D eigenvalue weighted by Crippen LogP contribution is -1.95. The van der Waals surface area contributed by atoms with E-state index in [1.165, 1.54) is 0 Å². The highest BCUT2D eigenvalue weighted by Gasteiger charge is 1.81. The van der Waals surface area contributed by atoms with Gasteiger partial charge in [0.2, 0.25) is 0 Å². The van der Waals surface area contributed by atoms with E-state index in [-0.39, 0.29) is 0 Å². The van der Waals surface area contributed by atoms with Crippen LogP contribution in [0.2, 0.25) is 0 Å². The summed E-state index contributed by atoms with van der Waals surface area (Å²) in [4.78, 5) is 7.75. The molecule has 0 atom stereocenters. The lowest BCUT2D eigenvalue weighted by Gasteiger charge is -1.89. The number of nitrogens with zero attached hydrogens (tertiary/aromatic N) is 2. The van der Waals surface area contributed by atoms with E-state index in [2.05, 4.69) is 9.97 Å². The monoisotopic (exact) mass is 216 g/mol. The van der Waals surface area contributed by atoms with Crippen LogP contribution in [-0.2, 0) is 13.1 Å². The van der Waals surface area contributed by atoms with Gasteiger partial charge in [-0.1, -0.05) is 12.1 Å². The van der Waals surface area contributed by atoms with Gasteiger partial charge >= 0.3 is 0 Å². The summed E-state index contributed by atoms with van der Waals surface area (Å²) in [6.07, 6.45) is 7.00. The fraction of sp³-hybridized carbons (Fsp3) is 0.167. The Morgan fingerprint density at radius 3 is 1.44 bits per heavy atom. The van der Waals surface area contributed by atoms with E-state index < -0.39 is 0 Å². The maximum absolute atomic E-state index is 5.31. The molecule has 0 saturated heterocycles. The smallest absolute Gasteiger partial charge is 0.0312 e. The van der Waals surface area contributed by atoms with Crippen molar-refractivity contribution in [3.63, 3.8) is 0 Å². The van der Waals surface area contributed by atoms with E-state index >= 15 is 0 Å². The summed E-state index contributed by atoms with van der Waals surface area (Å²) < 4.78 is 0. The highest BCUT2D eigenvalue weighted by Crippen LogP contribution is 1.91. The molecule has 0 spiro atoms. The van der Waals surface area contributed by atoms with Gasteiger partial charge < -0.3 is 11.5 Å². The molecule has 2 aromatic rings. The Morgan fingerprint density at radius 1 is 0.812 bits per heavy atom. The molecule has 4 nitrogen and oxygen atoms in total. The Labute approximate surface area is 95.3 Å². The third-order valence-electron chi connectivity index (χ3n) is 1.92. The third kappa shape index (κ3) is 4.63. The second kappa shape index (κ2) is 7.50. The molecule has 2 rings (SSSR count). The van der Waals surface area contributed by atoms with Gasteiger partial charge in [-0.3, -0.25) is 9.97 Å². The fourth-order valence-electron chi connectivity index (χ4n) is 1.04. The van der Waals surface area contributed by atoms with Gasteiger partial charge in [0, 0.05) is 37.9 Å². The first-order valence-electron chi connectivity index (χ1n) is 5.04. The molecule has 0 bridgehead atoms. The van der Waals surface area contributed by atoms with Gasteiger partial charge in [0.25, 0.3) is 0 Å². The number of hydrogen-bond donors (Lipinski definition) is 2. The number of rotatable bonds is 2. The molecule has 16 heavy (non-hydrogen) atoms. The van der Waals surface area contributed by atoms with Crippen LogP contribution in [0.1, 0.15) is 11.1 Å². The zero-order chi connectivity index (χ0) is 11.6. The Morgan fingerprint density at radius 2 is 1.25 bits per heavy atom. The van der Waals surface area contributed by atoms with Crippen LogP contribution in [0.15, 0.2) is 49.1 Å². The van der Waals surface area contributed by atoms with Crippen LogP contribution >= 0.6 is 0 Å². The zero-order valence-corrected chi connectivity index (χ0v) is 9.08. The molecule has 0 aromatic carbocycles. The number of pyridine rings is 2. The predicted octanol–water partition coefficient (Wildman–Crippen LogP) is 1.08. The van der Waals surface area contributed by atoms with Crippen molar-refractivity contribution in [1.29, 1.82) is 0 Å². The van der Waals surface area contributed by atoms with Crippen molar-refractivity contribution in [1.82, 2.24) is 9.97 Å². The summed E-state index contributed by atoms with van der Waals surface area (Å²) in [5, 5.41) is 0. The van der Waals surface area contributed by atoms with E-state index in [9.17, 15) is 0 Å². The zero-order valence-electron chi connectivity index (χ0n) is 9.08. The summed E-state index contributed by atoms with van der Waals surface area (Å²) in [6.45, 7) is 1.15. The molecule has 0 aliphatic carbocycles. The summed E-state index contributed by atoms with van der Waals surface area (Å²) >= 11 is 0. The lowest BCUT2D eigenvalue weighted by molar-refractivity contribution is 1.05. The molecule has 0 radical (unpaired) electrons.